The normalized spacial score (nSPS) is 14.8. The largest absolute Gasteiger partial charge is 0.350 e. The van der Waals surface area contributed by atoms with E-state index in [-0.39, 0.29) is 24.9 Å². The fraction of sp³-hybridized carbons (Fsp3) is 0.259. The number of nitrogens with one attached hydrogen (secondary N) is 1. The van der Waals surface area contributed by atoms with Crippen molar-refractivity contribution in [3.05, 3.63) is 106 Å². The van der Waals surface area contributed by atoms with Crippen molar-refractivity contribution in [3.63, 3.8) is 0 Å². The summed E-state index contributed by atoms with van der Waals surface area (Å²) >= 11 is 12.0. The van der Waals surface area contributed by atoms with Gasteiger partial charge in [-0.2, -0.15) is 0 Å². The van der Waals surface area contributed by atoms with Crippen LogP contribution >= 0.6 is 23.2 Å². The van der Waals surface area contributed by atoms with Crippen LogP contribution in [0.3, 0.4) is 0 Å². The molecule has 0 radical (unpaired) electrons. The van der Waals surface area contributed by atoms with Gasteiger partial charge in [0.25, 0.3) is 0 Å². The first kappa shape index (κ1) is 25.8. The van der Waals surface area contributed by atoms with Crippen molar-refractivity contribution >= 4 is 35.0 Å². The van der Waals surface area contributed by atoms with Gasteiger partial charge in [0.2, 0.25) is 11.8 Å². The highest BCUT2D eigenvalue weighted by Gasteiger charge is 2.33. The Labute approximate surface area is 210 Å². The number of carbonyl (C=O) groups excluding carboxylic acids is 2. The van der Waals surface area contributed by atoms with Crippen molar-refractivity contribution in [1.29, 1.82) is 0 Å². The molecule has 5 nitrogen and oxygen atoms in total. The molecule has 0 bridgehead atoms. The van der Waals surface area contributed by atoms with E-state index in [1.807, 2.05) is 0 Å². The molecule has 1 atom stereocenters. The second-order valence-corrected chi connectivity index (χ2v) is 8.89. The zero-order valence-electron chi connectivity index (χ0n) is 18.9. The van der Waals surface area contributed by atoms with Gasteiger partial charge in [-0.3, -0.25) is 9.59 Å². The number of amides is 2. The quantitative estimate of drug-likeness (QED) is 0.511. The lowest BCUT2D eigenvalue weighted by Crippen LogP contribution is -2.47. The average molecular weight is 498 g/mol. The maximum atomic E-state index is 12.2. The number of hydrogen-bond donors (Lipinski definition) is 2. The van der Waals surface area contributed by atoms with Crippen LogP contribution in [0.25, 0.3) is 0 Å². The smallest absolute Gasteiger partial charge is 0.243 e. The number of likely N-dealkylation sites (tertiary alicyclic amines) is 1. The van der Waals surface area contributed by atoms with Gasteiger partial charge in [0.05, 0.1) is 6.54 Å². The van der Waals surface area contributed by atoms with Gasteiger partial charge in [-0.25, -0.2) is 0 Å². The molecule has 3 aromatic rings. The highest BCUT2D eigenvalue weighted by atomic mass is 35.5. The lowest BCUT2D eigenvalue weighted by atomic mass is 10.1. The molecule has 3 N–H and O–H groups in total. The minimum atomic E-state index is -0.445. The number of benzene rings is 3. The van der Waals surface area contributed by atoms with Gasteiger partial charge < -0.3 is 16.0 Å². The second kappa shape index (κ2) is 13.1. The van der Waals surface area contributed by atoms with Crippen LogP contribution in [0.4, 0.5) is 0 Å². The topological polar surface area (TPSA) is 75.4 Å². The van der Waals surface area contributed by atoms with Crippen LogP contribution in [0.1, 0.15) is 29.5 Å². The Kier molecular flexibility index (Phi) is 9.95. The van der Waals surface area contributed by atoms with E-state index in [0.29, 0.717) is 23.0 Å². The van der Waals surface area contributed by atoms with Gasteiger partial charge in [-0.05, 0) is 54.2 Å². The van der Waals surface area contributed by atoms with Gasteiger partial charge in [0.1, 0.15) is 6.04 Å². The number of nitrogens with two attached hydrogens (primary N) is 1. The maximum Gasteiger partial charge on any atom is 0.243 e. The summed E-state index contributed by atoms with van der Waals surface area (Å²) in [6.07, 6.45) is 2.49. The first-order valence-electron chi connectivity index (χ1n) is 11.3. The van der Waals surface area contributed by atoms with Gasteiger partial charge in [0, 0.05) is 23.1 Å². The minimum absolute atomic E-state index is 0.0795. The average Bonchev–Trinajstić information content (AvgIpc) is 3.36. The van der Waals surface area contributed by atoms with Crippen molar-refractivity contribution < 1.29 is 9.59 Å². The summed E-state index contributed by atoms with van der Waals surface area (Å²) in [7, 11) is 0. The number of carbonyl (C=O) groups is 2. The Morgan fingerprint density at radius 1 is 0.941 bits per heavy atom. The van der Waals surface area contributed by atoms with Crippen LogP contribution in [0, 0.1) is 0 Å². The molecule has 4 rings (SSSR count). The number of halogens is 2. The minimum Gasteiger partial charge on any atom is -0.350 e. The summed E-state index contributed by atoms with van der Waals surface area (Å²) in [5.74, 6) is -0.390. The van der Waals surface area contributed by atoms with Crippen LogP contribution < -0.4 is 11.1 Å². The Hall–Kier alpha value is -2.86. The highest BCUT2D eigenvalue weighted by molar-refractivity contribution is 6.33. The third kappa shape index (κ3) is 7.59. The monoisotopic (exact) mass is 497 g/mol. The van der Waals surface area contributed by atoms with Crippen molar-refractivity contribution in [2.45, 2.75) is 31.8 Å². The molecule has 0 saturated carbocycles. The molecule has 0 spiro atoms. The summed E-state index contributed by atoms with van der Waals surface area (Å²) in [6.45, 7) is 0.773. The van der Waals surface area contributed by atoms with Crippen LogP contribution in [0.15, 0.2) is 78.9 Å². The Balaban J connectivity index is 0.000000212. The molecular weight excluding hydrogens is 469 g/mol. The molecule has 2 amide bonds. The Morgan fingerprint density at radius 2 is 1.56 bits per heavy atom. The van der Waals surface area contributed by atoms with E-state index in [9.17, 15) is 9.59 Å². The maximum absolute atomic E-state index is 12.2. The van der Waals surface area contributed by atoms with Crippen molar-refractivity contribution in [2.75, 3.05) is 13.1 Å². The summed E-state index contributed by atoms with van der Waals surface area (Å²) in [4.78, 5) is 25.4. The molecule has 178 valence electrons. The standard InChI is InChI=1S/C14H17Cl2N3O2.C13H12/c15-10-3-4-11(16)9(6-10)8-18-14(21)12-2-1-5-19(12)13(20)7-17;1-3-7-12(8-4-1)11-13-9-5-2-6-10-13/h3-4,6,12H,1-2,5,7-8,17H2,(H,18,21);1-10H,11H2/t12-;/m0./s1. The molecule has 1 saturated heterocycles. The van der Waals surface area contributed by atoms with Crippen molar-refractivity contribution in [2.24, 2.45) is 5.73 Å². The molecule has 0 unspecified atom stereocenters. The Morgan fingerprint density at radius 3 is 2.15 bits per heavy atom. The third-order valence-corrected chi connectivity index (χ3v) is 6.21. The third-order valence-electron chi connectivity index (χ3n) is 5.61. The van der Waals surface area contributed by atoms with E-state index >= 15 is 0 Å². The number of hydrogen-bond acceptors (Lipinski definition) is 3. The zero-order valence-corrected chi connectivity index (χ0v) is 20.4. The van der Waals surface area contributed by atoms with Gasteiger partial charge in [-0.15, -0.1) is 0 Å². The molecule has 34 heavy (non-hydrogen) atoms. The van der Waals surface area contributed by atoms with Crippen LogP contribution in [-0.4, -0.2) is 35.8 Å². The first-order valence-corrected chi connectivity index (χ1v) is 12.0. The number of nitrogens with zero attached hydrogens (tertiary/aromatic N) is 1. The molecule has 7 heteroatoms. The second-order valence-electron chi connectivity index (χ2n) is 8.05. The molecule has 3 aromatic carbocycles. The SMILES string of the molecule is NCC(=O)N1CCC[C@H]1C(=O)NCc1cc(Cl)ccc1Cl.c1ccc(Cc2ccccc2)cc1. The van der Waals surface area contributed by atoms with E-state index < -0.39 is 6.04 Å². The van der Waals surface area contributed by atoms with E-state index in [1.54, 1.807) is 18.2 Å². The predicted molar refractivity (Wildman–Crippen MR) is 138 cm³/mol. The fourth-order valence-corrected chi connectivity index (χ4v) is 4.24. The van der Waals surface area contributed by atoms with Crippen molar-refractivity contribution in [3.8, 4) is 0 Å². The highest BCUT2D eigenvalue weighted by Crippen LogP contribution is 2.21. The molecular formula is C27H29Cl2N3O2. The summed E-state index contributed by atoms with van der Waals surface area (Å²) < 4.78 is 0. The molecule has 1 fully saturated rings. The molecule has 0 aromatic heterocycles. The predicted octanol–water partition coefficient (Wildman–Crippen LogP) is 4.84. The van der Waals surface area contributed by atoms with E-state index in [1.165, 1.54) is 16.0 Å². The van der Waals surface area contributed by atoms with E-state index in [2.05, 4.69) is 66.0 Å². The van der Waals surface area contributed by atoms with Crippen LogP contribution in [0.5, 0.6) is 0 Å². The van der Waals surface area contributed by atoms with Crippen LogP contribution in [0.2, 0.25) is 10.0 Å². The summed E-state index contributed by atoms with van der Waals surface area (Å²) in [6, 6.07) is 25.7. The molecule has 0 aliphatic carbocycles. The first-order chi connectivity index (χ1) is 16.5. The fourth-order valence-electron chi connectivity index (χ4n) is 3.86. The van der Waals surface area contributed by atoms with Gasteiger partial charge in [-0.1, -0.05) is 83.9 Å². The molecule has 1 heterocycles. The lowest BCUT2D eigenvalue weighted by Gasteiger charge is -2.23. The van der Waals surface area contributed by atoms with Gasteiger partial charge in [0.15, 0.2) is 0 Å². The molecule has 1 aliphatic rings. The molecule has 1 aliphatic heterocycles. The number of rotatable bonds is 6. The Bertz CT molecular complexity index is 1040. The summed E-state index contributed by atoms with van der Waals surface area (Å²) in [5.41, 5.74) is 8.84. The van der Waals surface area contributed by atoms with E-state index in [4.69, 9.17) is 28.9 Å². The zero-order chi connectivity index (χ0) is 24.3. The summed E-state index contributed by atoms with van der Waals surface area (Å²) in [5, 5.41) is 3.90. The van der Waals surface area contributed by atoms with Gasteiger partial charge >= 0.3 is 0 Å². The lowest BCUT2D eigenvalue weighted by molar-refractivity contribution is -0.137. The van der Waals surface area contributed by atoms with Crippen LogP contribution in [-0.2, 0) is 22.6 Å². The van der Waals surface area contributed by atoms with E-state index in [0.717, 1.165) is 18.4 Å². The van der Waals surface area contributed by atoms with Crippen molar-refractivity contribution in [1.82, 2.24) is 10.2 Å².